The van der Waals surface area contributed by atoms with Crippen LogP contribution in [0.3, 0.4) is 0 Å². The highest BCUT2D eigenvalue weighted by molar-refractivity contribution is 6.05. The third-order valence-electron chi connectivity index (χ3n) is 3.40. The lowest BCUT2D eigenvalue weighted by Gasteiger charge is -2.08. The average Bonchev–Trinajstić information content (AvgIpc) is 2.96. The zero-order valence-corrected chi connectivity index (χ0v) is 11.2. The molecule has 0 spiro atoms. The Hall–Kier alpha value is -2.84. The summed E-state index contributed by atoms with van der Waals surface area (Å²) in [4.78, 5) is 12.3. The monoisotopic (exact) mass is 279 g/mol. The average molecular weight is 279 g/mol. The smallest absolute Gasteiger partial charge is 0.255 e. The van der Waals surface area contributed by atoms with Gasteiger partial charge >= 0.3 is 0 Å². The molecule has 5 nitrogen and oxygen atoms in total. The Labute approximate surface area is 121 Å². The summed E-state index contributed by atoms with van der Waals surface area (Å²) >= 11 is 0. The van der Waals surface area contributed by atoms with Crippen LogP contribution in [0.1, 0.15) is 27.0 Å². The Kier molecular flexibility index (Phi) is 3.30. The number of fused-ring (bicyclic) bond motifs is 1. The molecule has 0 unspecified atom stereocenters. The van der Waals surface area contributed by atoms with Crippen LogP contribution in [0, 0.1) is 11.3 Å². The number of hydrogen-bond acceptors (Lipinski definition) is 4. The third kappa shape index (κ3) is 2.57. The molecule has 0 aromatic heterocycles. The summed E-state index contributed by atoms with van der Waals surface area (Å²) in [7, 11) is 0. The summed E-state index contributed by atoms with van der Waals surface area (Å²) in [5, 5.41) is 11.8. The molecule has 0 atom stereocenters. The summed E-state index contributed by atoms with van der Waals surface area (Å²) in [6.45, 7) is 1.12. The normalized spacial score (nSPS) is 12.5. The minimum Gasteiger partial charge on any atom is -0.399 e. The molecule has 1 heterocycles. The number of nitrogens with two attached hydrogens (primary N) is 1. The zero-order chi connectivity index (χ0) is 14.8. The molecule has 0 fully saturated rings. The van der Waals surface area contributed by atoms with Crippen LogP contribution >= 0.6 is 0 Å². The van der Waals surface area contributed by atoms with Gasteiger partial charge in [-0.15, -0.1) is 0 Å². The van der Waals surface area contributed by atoms with Crippen molar-refractivity contribution in [2.75, 3.05) is 11.1 Å². The van der Waals surface area contributed by atoms with Crippen LogP contribution in [-0.4, -0.2) is 5.91 Å². The number of nitrogens with zero attached hydrogens (tertiary/aromatic N) is 1. The highest BCUT2D eigenvalue weighted by Crippen LogP contribution is 2.22. The van der Waals surface area contributed by atoms with Gasteiger partial charge in [0, 0.05) is 11.3 Å². The molecule has 21 heavy (non-hydrogen) atoms. The van der Waals surface area contributed by atoms with Crippen LogP contribution in [0.5, 0.6) is 0 Å². The van der Waals surface area contributed by atoms with E-state index in [0.717, 1.165) is 11.1 Å². The molecule has 0 aliphatic carbocycles. The molecular formula is C16H13N3O2. The van der Waals surface area contributed by atoms with Gasteiger partial charge in [-0.05, 0) is 41.5 Å². The molecule has 1 amide bonds. The fourth-order valence-corrected chi connectivity index (χ4v) is 2.27. The van der Waals surface area contributed by atoms with Crippen molar-refractivity contribution in [3.05, 3.63) is 58.7 Å². The first-order valence-electron chi connectivity index (χ1n) is 6.48. The maximum atomic E-state index is 12.3. The second-order valence-electron chi connectivity index (χ2n) is 4.85. The second kappa shape index (κ2) is 5.27. The molecule has 0 radical (unpaired) electrons. The molecule has 0 bridgehead atoms. The quantitative estimate of drug-likeness (QED) is 0.826. The van der Waals surface area contributed by atoms with Gasteiger partial charge in [0.25, 0.3) is 5.91 Å². The van der Waals surface area contributed by atoms with Crippen molar-refractivity contribution < 1.29 is 9.53 Å². The summed E-state index contributed by atoms with van der Waals surface area (Å²) in [6.07, 6.45) is 0. The van der Waals surface area contributed by atoms with Crippen molar-refractivity contribution in [2.45, 2.75) is 13.2 Å². The van der Waals surface area contributed by atoms with Crippen LogP contribution < -0.4 is 11.1 Å². The largest absolute Gasteiger partial charge is 0.399 e. The van der Waals surface area contributed by atoms with E-state index in [-0.39, 0.29) is 5.91 Å². The molecule has 3 N–H and O–H groups in total. The third-order valence-corrected chi connectivity index (χ3v) is 3.40. The van der Waals surface area contributed by atoms with Gasteiger partial charge in [0.1, 0.15) is 6.07 Å². The Morgan fingerprint density at radius 2 is 2.00 bits per heavy atom. The second-order valence-corrected chi connectivity index (χ2v) is 4.85. The number of nitriles is 1. The Bertz CT molecular complexity index is 763. The molecule has 104 valence electrons. The summed E-state index contributed by atoms with van der Waals surface area (Å²) in [5.74, 6) is -0.258. The van der Waals surface area contributed by atoms with Crippen molar-refractivity contribution >= 4 is 17.3 Å². The number of anilines is 2. The maximum absolute atomic E-state index is 12.3. The molecule has 2 aromatic rings. The number of benzene rings is 2. The first-order valence-corrected chi connectivity index (χ1v) is 6.48. The lowest BCUT2D eigenvalue weighted by molar-refractivity contribution is 0.102. The van der Waals surface area contributed by atoms with Crippen molar-refractivity contribution in [1.82, 2.24) is 0 Å². The first-order chi connectivity index (χ1) is 10.2. The van der Waals surface area contributed by atoms with Crippen molar-refractivity contribution in [2.24, 2.45) is 0 Å². The van der Waals surface area contributed by atoms with E-state index in [9.17, 15) is 4.79 Å². The number of hydrogen-bond donors (Lipinski definition) is 2. The lowest BCUT2D eigenvalue weighted by atomic mass is 10.1. The predicted octanol–water partition coefficient (Wildman–Crippen LogP) is 2.42. The first kappa shape index (κ1) is 13.2. The van der Waals surface area contributed by atoms with Crippen molar-refractivity contribution in [3.63, 3.8) is 0 Å². The van der Waals surface area contributed by atoms with Crippen LogP contribution in [0.2, 0.25) is 0 Å². The number of carbonyl (C=O) groups excluding carboxylic acids is 1. The maximum Gasteiger partial charge on any atom is 0.255 e. The van der Waals surface area contributed by atoms with E-state index in [1.54, 1.807) is 18.2 Å². The van der Waals surface area contributed by atoms with Crippen LogP contribution in [-0.2, 0) is 18.0 Å². The Morgan fingerprint density at radius 1 is 1.19 bits per heavy atom. The zero-order valence-electron chi connectivity index (χ0n) is 11.2. The number of carbonyl (C=O) groups is 1. The SMILES string of the molecule is N#Cc1cc(N)ccc1NC(=O)c1ccc2c(c1)COC2. The van der Waals surface area contributed by atoms with Crippen LogP contribution in [0.4, 0.5) is 11.4 Å². The van der Waals surface area contributed by atoms with Crippen LogP contribution in [0.15, 0.2) is 36.4 Å². The summed E-state index contributed by atoms with van der Waals surface area (Å²) < 4.78 is 5.33. The summed E-state index contributed by atoms with van der Waals surface area (Å²) in [5.41, 5.74) is 9.58. The van der Waals surface area contributed by atoms with Gasteiger partial charge in [-0.25, -0.2) is 0 Å². The molecule has 2 aromatic carbocycles. The fraction of sp³-hybridized carbons (Fsp3) is 0.125. The highest BCUT2D eigenvalue weighted by Gasteiger charge is 2.15. The Morgan fingerprint density at radius 3 is 2.81 bits per heavy atom. The number of nitrogens with one attached hydrogen (secondary N) is 1. The molecule has 0 saturated heterocycles. The molecule has 5 heteroatoms. The van der Waals surface area contributed by atoms with Gasteiger partial charge in [0.05, 0.1) is 24.5 Å². The van der Waals surface area contributed by atoms with Crippen molar-refractivity contribution in [1.29, 1.82) is 5.26 Å². The summed E-state index contributed by atoms with van der Waals surface area (Å²) in [6, 6.07) is 12.3. The molecule has 1 aliphatic rings. The fourth-order valence-electron chi connectivity index (χ4n) is 2.27. The van der Waals surface area contributed by atoms with Gasteiger partial charge in [0.15, 0.2) is 0 Å². The van der Waals surface area contributed by atoms with Gasteiger partial charge in [-0.1, -0.05) is 6.07 Å². The van der Waals surface area contributed by atoms with Gasteiger partial charge in [0.2, 0.25) is 0 Å². The minimum atomic E-state index is -0.258. The topological polar surface area (TPSA) is 88.1 Å². The van der Waals surface area contributed by atoms with E-state index in [1.165, 1.54) is 6.07 Å². The lowest BCUT2D eigenvalue weighted by Crippen LogP contribution is -2.13. The number of amides is 1. The van der Waals surface area contributed by atoms with E-state index in [0.29, 0.717) is 35.7 Å². The number of rotatable bonds is 2. The standard InChI is InChI=1S/C16H13N3O2/c17-7-12-6-14(18)3-4-15(12)19-16(20)10-1-2-11-8-21-9-13(11)5-10/h1-6H,8-9,18H2,(H,19,20). The van der Waals surface area contributed by atoms with Gasteiger partial charge < -0.3 is 15.8 Å². The number of ether oxygens (including phenoxy) is 1. The van der Waals surface area contributed by atoms with Crippen LogP contribution in [0.25, 0.3) is 0 Å². The van der Waals surface area contributed by atoms with E-state index < -0.39 is 0 Å². The van der Waals surface area contributed by atoms with E-state index in [2.05, 4.69) is 5.32 Å². The molecule has 0 saturated carbocycles. The van der Waals surface area contributed by atoms with E-state index >= 15 is 0 Å². The van der Waals surface area contributed by atoms with Gasteiger partial charge in [-0.3, -0.25) is 4.79 Å². The molecule has 1 aliphatic heterocycles. The van der Waals surface area contributed by atoms with Crippen molar-refractivity contribution in [3.8, 4) is 6.07 Å². The molecule has 3 rings (SSSR count). The Balaban J connectivity index is 1.85. The van der Waals surface area contributed by atoms with E-state index in [4.69, 9.17) is 15.7 Å². The van der Waals surface area contributed by atoms with E-state index in [1.807, 2.05) is 18.2 Å². The predicted molar refractivity (Wildman–Crippen MR) is 78.5 cm³/mol. The van der Waals surface area contributed by atoms with Gasteiger partial charge in [-0.2, -0.15) is 5.26 Å². The molecular weight excluding hydrogens is 266 g/mol. The highest BCUT2D eigenvalue weighted by atomic mass is 16.5. The minimum absolute atomic E-state index is 0.258. The number of nitrogen functional groups attached to an aromatic ring is 1.